The molecule has 9 aromatic rings. The Morgan fingerprint density at radius 3 is 1.68 bits per heavy atom. The van der Waals surface area contributed by atoms with Gasteiger partial charge in [-0.05, 0) is 188 Å². The van der Waals surface area contributed by atoms with Crippen molar-refractivity contribution in [3.63, 3.8) is 0 Å². The maximum Gasteiger partial charge on any atom is 0.0159 e. The third-order valence-electron chi connectivity index (χ3n) is 19.2. The van der Waals surface area contributed by atoms with Crippen LogP contribution in [0.3, 0.4) is 0 Å². The largest absolute Gasteiger partial charge is 0.0795 e. The lowest BCUT2D eigenvalue weighted by Gasteiger charge is -2.32. The fourth-order valence-electron chi connectivity index (χ4n) is 14.3. The van der Waals surface area contributed by atoms with Gasteiger partial charge in [0.1, 0.15) is 0 Å². The number of aryl methyl sites for hydroxylation is 1. The van der Waals surface area contributed by atoms with Gasteiger partial charge in [-0.15, -0.1) is 0 Å². The lowest BCUT2D eigenvalue weighted by Crippen LogP contribution is -2.22. The molecule has 0 aliphatic heterocycles. The van der Waals surface area contributed by atoms with Gasteiger partial charge in [-0.1, -0.05) is 250 Å². The van der Waals surface area contributed by atoms with Crippen LogP contribution in [0.2, 0.25) is 0 Å². The summed E-state index contributed by atoms with van der Waals surface area (Å²) >= 11 is 0. The highest BCUT2D eigenvalue weighted by atomic mass is 14.4. The Labute approximate surface area is 451 Å². The van der Waals surface area contributed by atoms with Gasteiger partial charge in [0.2, 0.25) is 0 Å². The van der Waals surface area contributed by atoms with Gasteiger partial charge in [0.15, 0.2) is 0 Å². The minimum atomic E-state index is -0.194. The summed E-state index contributed by atoms with van der Waals surface area (Å²) in [7, 11) is 0. The zero-order chi connectivity index (χ0) is 52.2. The average molecular weight is 981 g/mol. The van der Waals surface area contributed by atoms with Crippen molar-refractivity contribution in [3.05, 3.63) is 248 Å². The van der Waals surface area contributed by atoms with Crippen LogP contribution in [-0.2, 0) is 29.1 Å². The summed E-state index contributed by atoms with van der Waals surface area (Å²) in [4.78, 5) is 0. The van der Waals surface area contributed by atoms with E-state index in [2.05, 4.69) is 251 Å². The van der Waals surface area contributed by atoms with Crippen LogP contribution in [0.4, 0.5) is 0 Å². The Hall–Kier alpha value is -7.54. The first-order chi connectivity index (χ1) is 36.4. The van der Waals surface area contributed by atoms with Crippen LogP contribution in [0, 0.1) is 12.3 Å². The molecule has 0 heterocycles. The molecule has 0 aromatic heterocycles. The zero-order valence-corrected chi connectivity index (χ0v) is 46.1. The van der Waals surface area contributed by atoms with Crippen molar-refractivity contribution in [2.45, 2.75) is 111 Å². The molecule has 5 aliphatic carbocycles. The highest BCUT2D eigenvalue weighted by Gasteiger charge is 2.39. The highest BCUT2D eigenvalue weighted by molar-refractivity contribution is 6.09. The Morgan fingerprint density at radius 1 is 0.447 bits per heavy atom. The molecule has 14 rings (SSSR count). The van der Waals surface area contributed by atoms with Crippen LogP contribution >= 0.6 is 0 Å². The average Bonchev–Trinajstić information content (AvgIpc) is 3.68. The number of hydrogen-bond donors (Lipinski definition) is 0. The van der Waals surface area contributed by atoms with E-state index in [9.17, 15) is 0 Å². The summed E-state index contributed by atoms with van der Waals surface area (Å²) in [5.74, 6) is 0. The van der Waals surface area contributed by atoms with Gasteiger partial charge in [0.05, 0.1) is 0 Å². The van der Waals surface area contributed by atoms with Gasteiger partial charge in [0.25, 0.3) is 0 Å². The van der Waals surface area contributed by atoms with Gasteiger partial charge >= 0.3 is 0 Å². The Morgan fingerprint density at radius 2 is 1.00 bits per heavy atom. The number of hydrogen-bond acceptors (Lipinski definition) is 0. The van der Waals surface area contributed by atoms with Crippen molar-refractivity contribution >= 4 is 44.8 Å². The van der Waals surface area contributed by atoms with Crippen molar-refractivity contribution in [3.8, 4) is 44.5 Å². The molecule has 0 saturated heterocycles. The van der Waals surface area contributed by atoms with Crippen LogP contribution in [-0.4, -0.2) is 0 Å². The van der Waals surface area contributed by atoms with Crippen LogP contribution < -0.4 is 0 Å². The topological polar surface area (TPSA) is 0 Å². The second kappa shape index (κ2) is 16.5. The van der Waals surface area contributed by atoms with Crippen LogP contribution in [0.25, 0.3) is 89.4 Å². The molecule has 76 heavy (non-hydrogen) atoms. The molecule has 0 amide bonds. The fourth-order valence-corrected chi connectivity index (χ4v) is 14.3. The van der Waals surface area contributed by atoms with Gasteiger partial charge in [0, 0.05) is 16.2 Å². The third-order valence-corrected chi connectivity index (χ3v) is 19.2. The molecular formula is C76H68. The molecule has 0 fully saturated rings. The van der Waals surface area contributed by atoms with Gasteiger partial charge < -0.3 is 0 Å². The Bertz CT molecular complexity index is 4120. The van der Waals surface area contributed by atoms with E-state index in [1.807, 2.05) is 0 Å². The van der Waals surface area contributed by atoms with E-state index in [-0.39, 0.29) is 21.7 Å². The standard InChI is InChI=1S/C76H68/c1-45-40-56(30-37-60(45)62-34-25-52-20-21-53-41-59(73(2,3)4)42-54-27-36-66(62)72(52)70(53)54)75(7,8)58-32-39-64-63-38-31-57(43-67(63)76(9,10)68(64)44-58)74(5,6)55-28-22-47(23-29-55)46-14-16-48(17-15-46)61-33-24-51-19-18-49-12-11-13-50-26-35-65(61)71(51)69(49)50/h11-12,14-19,21-34,36-40,42-44H,13,20,35,41H2,1-10H3. The van der Waals surface area contributed by atoms with E-state index < -0.39 is 0 Å². The molecular weight excluding hydrogens is 913 g/mol. The summed E-state index contributed by atoms with van der Waals surface area (Å²) in [5.41, 5.74) is 32.8. The summed E-state index contributed by atoms with van der Waals surface area (Å²) in [5, 5.41) is 5.64. The first-order valence-corrected chi connectivity index (χ1v) is 28.0. The molecule has 0 atom stereocenters. The van der Waals surface area contributed by atoms with E-state index >= 15 is 0 Å². The summed E-state index contributed by atoms with van der Waals surface area (Å²) < 4.78 is 0. The minimum absolute atomic E-state index is 0.145. The monoisotopic (exact) mass is 981 g/mol. The molecule has 0 bridgehead atoms. The van der Waals surface area contributed by atoms with Crippen LogP contribution in [0.1, 0.15) is 147 Å². The molecule has 0 radical (unpaired) electrons. The maximum absolute atomic E-state index is 2.53. The fraction of sp³-hybridized carbons (Fsp3) is 0.237. The van der Waals surface area contributed by atoms with E-state index in [0.717, 1.165) is 25.7 Å². The predicted octanol–water partition coefficient (Wildman–Crippen LogP) is 20.4. The lowest BCUT2D eigenvalue weighted by molar-refractivity contribution is 0.498. The predicted molar refractivity (Wildman–Crippen MR) is 326 cm³/mol. The van der Waals surface area contributed by atoms with E-state index in [0.29, 0.717) is 0 Å². The van der Waals surface area contributed by atoms with E-state index in [1.54, 1.807) is 0 Å². The third kappa shape index (κ3) is 7.02. The van der Waals surface area contributed by atoms with Gasteiger partial charge in [-0.25, -0.2) is 0 Å². The van der Waals surface area contributed by atoms with Gasteiger partial charge in [-0.2, -0.15) is 0 Å². The normalized spacial score (nSPS) is 15.8. The van der Waals surface area contributed by atoms with Crippen molar-refractivity contribution in [2.24, 2.45) is 5.41 Å². The van der Waals surface area contributed by atoms with Crippen LogP contribution in [0.5, 0.6) is 0 Å². The molecule has 372 valence electrons. The molecule has 9 aromatic carbocycles. The second-order valence-electron chi connectivity index (χ2n) is 25.6. The van der Waals surface area contributed by atoms with Crippen molar-refractivity contribution in [1.29, 1.82) is 0 Å². The smallest absolute Gasteiger partial charge is 0.0159 e. The number of benzene rings is 9. The highest BCUT2D eigenvalue weighted by Crippen LogP contribution is 2.53. The quantitative estimate of drug-likeness (QED) is 0.149. The molecule has 5 aliphatic rings. The van der Waals surface area contributed by atoms with Crippen molar-refractivity contribution in [1.82, 2.24) is 0 Å². The molecule has 0 nitrogen and oxygen atoms in total. The van der Waals surface area contributed by atoms with Crippen LogP contribution in [0.15, 0.2) is 175 Å². The minimum Gasteiger partial charge on any atom is -0.0795 e. The van der Waals surface area contributed by atoms with E-state index in [4.69, 9.17) is 0 Å². The first kappa shape index (κ1) is 47.0. The SMILES string of the molecule is Cc1cc(C(C)(C)c2ccc3c(c2)C(C)(C)c2cc(C(C)(C)c4ccc(-c5ccc(-c6ccc7ccc8c9c7c6CC=C9CC=C8)cc5)cc4)ccc2-3)ccc1-c1ccc2c3c4c(ccc13)C=C(C(C)(C)C)CC4=CC2. The summed E-state index contributed by atoms with van der Waals surface area (Å²) in [6, 6.07) is 59.3. The molecule has 0 N–H and O–H groups in total. The maximum atomic E-state index is 2.53. The van der Waals surface area contributed by atoms with Crippen molar-refractivity contribution in [2.75, 3.05) is 0 Å². The number of rotatable bonds is 7. The summed E-state index contributed by atoms with van der Waals surface area (Å²) in [6.45, 7) is 23.8. The first-order valence-electron chi connectivity index (χ1n) is 28.0. The van der Waals surface area contributed by atoms with Crippen molar-refractivity contribution < 1.29 is 0 Å². The molecule has 0 spiro atoms. The molecule has 0 heteroatoms. The molecule has 0 saturated carbocycles. The zero-order valence-electron chi connectivity index (χ0n) is 46.1. The number of allylic oxidation sites excluding steroid dienone is 6. The Balaban J connectivity index is 0.715. The molecule has 0 unspecified atom stereocenters. The Kier molecular flexibility index (Phi) is 10.2. The summed E-state index contributed by atoms with van der Waals surface area (Å²) in [6.07, 6.45) is 16.1. The van der Waals surface area contributed by atoms with Gasteiger partial charge in [-0.3, -0.25) is 0 Å². The van der Waals surface area contributed by atoms with E-state index in [1.165, 1.54) is 155 Å². The number of fused-ring (bicyclic) bond motifs is 3. The second-order valence-corrected chi connectivity index (χ2v) is 25.6. The lowest BCUT2D eigenvalue weighted by atomic mass is 9.72.